The van der Waals surface area contributed by atoms with Crippen LogP contribution < -0.4 is 21.9 Å². The lowest BCUT2D eigenvalue weighted by atomic mass is 10.1. The molecule has 1 fully saturated rings. The Labute approximate surface area is 132 Å². The summed E-state index contributed by atoms with van der Waals surface area (Å²) < 4.78 is 2.33. The van der Waals surface area contributed by atoms with Crippen molar-refractivity contribution >= 4 is 16.9 Å². The lowest BCUT2D eigenvalue weighted by Gasteiger charge is -2.13. The minimum atomic E-state index is -0.466. The van der Waals surface area contributed by atoms with Gasteiger partial charge in [0.2, 0.25) is 0 Å². The summed E-state index contributed by atoms with van der Waals surface area (Å²) in [6.45, 7) is 3.35. The van der Waals surface area contributed by atoms with Gasteiger partial charge in [0.05, 0.1) is 5.39 Å². The molecule has 122 valence electrons. The number of nitrogens with one attached hydrogen (secondary N) is 2. The van der Waals surface area contributed by atoms with Gasteiger partial charge in [0.15, 0.2) is 0 Å². The molecular weight excluding hydrogens is 298 g/mol. The standard InChI is InChI=1S/C15H19N5O3/c1-8-6-10(13(21)17-9-4-5-16-7-9)18-12-11(8)14(22)20(3)15(23)19(12)2/h6,9,16H,4-5,7H2,1-3H3,(H,17,21). The minimum absolute atomic E-state index is 0.0766. The van der Waals surface area contributed by atoms with Gasteiger partial charge in [-0.2, -0.15) is 0 Å². The second-order valence-corrected chi connectivity index (χ2v) is 5.89. The number of hydrogen-bond donors (Lipinski definition) is 2. The van der Waals surface area contributed by atoms with E-state index in [9.17, 15) is 14.4 Å². The van der Waals surface area contributed by atoms with Crippen LogP contribution >= 0.6 is 0 Å². The monoisotopic (exact) mass is 317 g/mol. The highest BCUT2D eigenvalue weighted by atomic mass is 16.2. The molecular formula is C15H19N5O3. The molecule has 1 aliphatic heterocycles. The molecule has 0 radical (unpaired) electrons. The molecule has 8 heteroatoms. The number of aryl methyl sites for hydroxylation is 2. The van der Waals surface area contributed by atoms with E-state index >= 15 is 0 Å². The van der Waals surface area contributed by atoms with Crippen molar-refractivity contribution in [2.24, 2.45) is 14.1 Å². The van der Waals surface area contributed by atoms with Gasteiger partial charge in [0.1, 0.15) is 11.3 Å². The van der Waals surface area contributed by atoms with Crippen LogP contribution in [0.15, 0.2) is 15.7 Å². The van der Waals surface area contributed by atoms with Gasteiger partial charge in [0, 0.05) is 26.7 Å². The maximum atomic E-state index is 12.4. The molecule has 3 heterocycles. The Hall–Kier alpha value is -2.48. The average molecular weight is 317 g/mol. The molecule has 2 aromatic rings. The van der Waals surface area contributed by atoms with Crippen molar-refractivity contribution in [3.05, 3.63) is 38.2 Å². The third-order valence-corrected chi connectivity index (χ3v) is 4.24. The largest absolute Gasteiger partial charge is 0.347 e. The Morgan fingerprint density at radius 2 is 2.09 bits per heavy atom. The lowest BCUT2D eigenvalue weighted by molar-refractivity contribution is 0.0935. The molecule has 8 nitrogen and oxygen atoms in total. The van der Waals surface area contributed by atoms with E-state index < -0.39 is 11.2 Å². The van der Waals surface area contributed by atoms with Crippen LogP contribution in [0.3, 0.4) is 0 Å². The van der Waals surface area contributed by atoms with Crippen LogP contribution in [0.25, 0.3) is 11.0 Å². The zero-order chi connectivity index (χ0) is 16.7. The van der Waals surface area contributed by atoms with Crippen LogP contribution in [0.5, 0.6) is 0 Å². The predicted molar refractivity (Wildman–Crippen MR) is 85.7 cm³/mol. The molecule has 0 saturated carbocycles. The Kier molecular flexibility index (Phi) is 3.77. The van der Waals surface area contributed by atoms with Gasteiger partial charge in [-0.15, -0.1) is 0 Å². The normalized spacial score (nSPS) is 17.6. The van der Waals surface area contributed by atoms with Crippen molar-refractivity contribution in [3.63, 3.8) is 0 Å². The zero-order valence-corrected chi connectivity index (χ0v) is 13.3. The van der Waals surface area contributed by atoms with E-state index in [0.29, 0.717) is 10.9 Å². The van der Waals surface area contributed by atoms with Crippen molar-refractivity contribution < 1.29 is 4.79 Å². The van der Waals surface area contributed by atoms with Gasteiger partial charge in [-0.1, -0.05) is 0 Å². The van der Waals surface area contributed by atoms with Gasteiger partial charge in [-0.05, 0) is 31.5 Å². The maximum absolute atomic E-state index is 12.4. The smallest absolute Gasteiger partial charge is 0.332 e. The molecule has 2 aromatic heterocycles. The molecule has 1 amide bonds. The second-order valence-electron chi connectivity index (χ2n) is 5.89. The fraction of sp³-hybridized carbons (Fsp3) is 0.467. The summed E-state index contributed by atoms with van der Waals surface area (Å²) in [5.41, 5.74) is 0.200. The van der Waals surface area contributed by atoms with Crippen LogP contribution in [0.4, 0.5) is 0 Å². The summed E-state index contributed by atoms with van der Waals surface area (Å²) in [6, 6.07) is 1.67. The number of fused-ring (bicyclic) bond motifs is 1. The van der Waals surface area contributed by atoms with Crippen LogP contribution in [0.2, 0.25) is 0 Å². The molecule has 1 unspecified atom stereocenters. The molecule has 1 aliphatic rings. The lowest BCUT2D eigenvalue weighted by Crippen LogP contribution is -2.39. The molecule has 0 aromatic carbocycles. The first-order valence-corrected chi connectivity index (χ1v) is 7.49. The number of nitrogens with zero attached hydrogens (tertiary/aromatic N) is 3. The van der Waals surface area contributed by atoms with Gasteiger partial charge < -0.3 is 10.6 Å². The second kappa shape index (κ2) is 5.62. The van der Waals surface area contributed by atoms with Crippen LogP contribution in [0, 0.1) is 6.92 Å². The third kappa shape index (κ3) is 2.55. The average Bonchev–Trinajstić information content (AvgIpc) is 3.03. The van der Waals surface area contributed by atoms with E-state index in [0.717, 1.165) is 24.1 Å². The van der Waals surface area contributed by atoms with Gasteiger partial charge >= 0.3 is 5.69 Å². The molecule has 0 aliphatic carbocycles. The van der Waals surface area contributed by atoms with Gasteiger partial charge in [0.25, 0.3) is 11.5 Å². The van der Waals surface area contributed by atoms with Crippen molar-refractivity contribution in [3.8, 4) is 0 Å². The maximum Gasteiger partial charge on any atom is 0.332 e. The number of pyridine rings is 1. The SMILES string of the molecule is Cc1cc(C(=O)NC2CCNC2)nc2c1c(=O)n(C)c(=O)n2C. The number of carbonyl (C=O) groups excluding carboxylic acids is 1. The summed E-state index contributed by atoms with van der Waals surface area (Å²) in [5.74, 6) is -0.295. The highest BCUT2D eigenvalue weighted by Crippen LogP contribution is 2.13. The third-order valence-electron chi connectivity index (χ3n) is 4.24. The van der Waals surface area contributed by atoms with Crippen molar-refractivity contribution in [1.29, 1.82) is 0 Å². The quantitative estimate of drug-likeness (QED) is 0.743. The van der Waals surface area contributed by atoms with E-state index in [1.54, 1.807) is 20.0 Å². The first-order chi connectivity index (χ1) is 10.9. The van der Waals surface area contributed by atoms with Crippen LogP contribution in [-0.4, -0.2) is 39.2 Å². The van der Waals surface area contributed by atoms with E-state index in [2.05, 4.69) is 15.6 Å². The Balaban J connectivity index is 2.12. The summed E-state index contributed by atoms with van der Waals surface area (Å²) in [5, 5.41) is 6.44. The van der Waals surface area contributed by atoms with Gasteiger partial charge in [-0.25, -0.2) is 9.78 Å². The first kappa shape index (κ1) is 15.4. The Morgan fingerprint density at radius 1 is 1.35 bits per heavy atom. The predicted octanol–water partition coefficient (Wildman–Crippen LogP) is -0.968. The summed E-state index contributed by atoms with van der Waals surface area (Å²) >= 11 is 0. The first-order valence-electron chi connectivity index (χ1n) is 7.49. The molecule has 1 atom stereocenters. The molecule has 3 rings (SSSR count). The molecule has 0 spiro atoms. The molecule has 2 N–H and O–H groups in total. The van der Waals surface area contributed by atoms with Crippen LogP contribution in [-0.2, 0) is 14.1 Å². The summed E-state index contributed by atoms with van der Waals surface area (Å²) in [4.78, 5) is 41.0. The molecule has 1 saturated heterocycles. The van der Waals surface area contributed by atoms with Crippen molar-refractivity contribution in [1.82, 2.24) is 24.8 Å². The summed E-state index contributed by atoms with van der Waals surface area (Å²) in [6.07, 6.45) is 0.872. The number of aromatic nitrogens is 3. The van der Waals surface area contributed by atoms with E-state index in [4.69, 9.17) is 0 Å². The number of carbonyl (C=O) groups is 1. The zero-order valence-electron chi connectivity index (χ0n) is 13.3. The highest BCUT2D eigenvalue weighted by molar-refractivity contribution is 5.95. The van der Waals surface area contributed by atoms with E-state index in [-0.39, 0.29) is 23.3 Å². The van der Waals surface area contributed by atoms with Crippen molar-refractivity contribution in [2.75, 3.05) is 13.1 Å². The molecule has 0 bridgehead atoms. The van der Waals surface area contributed by atoms with Gasteiger partial charge in [-0.3, -0.25) is 18.7 Å². The number of rotatable bonds is 2. The summed E-state index contributed by atoms with van der Waals surface area (Å²) in [7, 11) is 2.97. The number of hydrogen-bond acceptors (Lipinski definition) is 5. The Bertz CT molecular complexity index is 906. The minimum Gasteiger partial charge on any atom is -0.347 e. The van der Waals surface area contributed by atoms with E-state index in [1.807, 2.05) is 0 Å². The van der Waals surface area contributed by atoms with Crippen molar-refractivity contribution in [2.45, 2.75) is 19.4 Å². The number of amides is 1. The van der Waals surface area contributed by atoms with E-state index in [1.165, 1.54) is 11.6 Å². The topological polar surface area (TPSA) is 98.0 Å². The fourth-order valence-corrected chi connectivity index (χ4v) is 2.89. The fourth-order valence-electron chi connectivity index (χ4n) is 2.89. The molecule has 23 heavy (non-hydrogen) atoms. The highest BCUT2D eigenvalue weighted by Gasteiger charge is 2.20. The Morgan fingerprint density at radius 3 is 2.74 bits per heavy atom. The van der Waals surface area contributed by atoms with Crippen LogP contribution in [0.1, 0.15) is 22.5 Å².